The Morgan fingerprint density at radius 1 is 1.56 bits per heavy atom. The summed E-state index contributed by atoms with van der Waals surface area (Å²) in [7, 11) is 1.30. The minimum absolute atomic E-state index is 0.0691. The molecule has 0 saturated heterocycles. The Morgan fingerprint density at radius 3 is 2.69 bits per heavy atom. The number of methoxy groups -OCH3 is 1. The molecule has 0 bridgehead atoms. The molecule has 1 aromatic rings. The van der Waals surface area contributed by atoms with Gasteiger partial charge in [0, 0.05) is 4.47 Å². The highest BCUT2D eigenvalue weighted by molar-refractivity contribution is 9.10. The smallest absolute Gasteiger partial charge is 0.310 e. The van der Waals surface area contributed by atoms with Gasteiger partial charge in [-0.05, 0) is 23.3 Å². The minimum Gasteiger partial charge on any atom is -0.469 e. The summed E-state index contributed by atoms with van der Waals surface area (Å²) in [6.45, 7) is -0.190. The van der Waals surface area contributed by atoms with Crippen molar-refractivity contribution in [1.29, 1.82) is 5.26 Å². The zero-order valence-corrected chi connectivity index (χ0v) is 10.2. The van der Waals surface area contributed by atoms with Crippen LogP contribution in [-0.2, 0) is 22.6 Å². The minimum atomic E-state index is -0.389. The van der Waals surface area contributed by atoms with Crippen LogP contribution in [0.5, 0.6) is 0 Å². The fraction of sp³-hybridized carbons (Fsp3) is 0.273. The van der Waals surface area contributed by atoms with E-state index < -0.39 is 0 Å². The van der Waals surface area contributed by atoms with E-state index in [4.69, 9.17) is 10.4 Å². The molecule has 0 saturated carbocycles. The topological polar surface area (TPSA) is 70.3 Å². The van der Waals surface area contributed by atoms with Crippen LogP contribution in [0.25, 0.3) is 0 Å². The van der Waals surface area contributed by atoms with E-state index in [1.165, 1.54) is 7.11 Å². The van der Waals surface area contributed by atoms with Gasteiger partial charge in [0.15, 0.2) is 0 Å². The quantitative estimate of drug-likeness (QED) is 0.854. The standard InChI is InChI=1S/C11H10BrNO3/c1-16-10(15)4-8-2-7(5-13)3-9(6-14)11(8)12/h2-3,14H,4,6H2,1H3. The van der Waals surface area contributed by atoms with Crippen molar-refractivity contribution in [3.8, 4) is 6.07 Å². The van der Waals surface area contributed by atoms with Crippen molar-refractivity contribution in [3.05, 3.63) is 33.3 Å². The Hall–Kier alpha value is -1.38. The fourth-order valence-corrected chi connectivity index (χ4v) is 1.78. The lowest BCUT2D eigenvalue weighted by Gasteiger charge is -2.08. The maximum absolute atomic E-state index is 11.1. The van der Waals surface area contributed by atoms with Gasteiger partial charge in [-0.2, -0.15) is 5.26 Å². The van der Waals surface area contributed by atoms with Crippen molar-refractivity contribution in [1.82, 2.24) is 0 Å². The Labute approximate surface area is 102 Å². The molecule has 4 nitrogen and oxygen atoms in total. The molecule has 0 amide bonds. The second kappa shape index (κ2) is 5.64. The molecule has 16 heavy (non-hydrogen) atoms. The molecule has 0 spiro atoms. The van der Waals surface area contributed by atoms with Gasteiger partial charge in [0.1, 0.15) is 0 Å². The molecule has 0 aliphatic rings. The molecule has 5 heteroatoms. The summed E-state index contributed by atoms with van der Waals surface area (Å²) < 4.78 is 5.19. The summed E-state index contributed by atoms with van der Waals surface area (Å²) >= 11 is 3.29. The highest BCUT2D eigenvalue weighted by Gasteiger charge is 2.11. The largest absolute Gasteiger partial charge is 0.469 e. The Balaban J connectivity index is 3.17. The number of halogens is 1. The maximum Gasteiger partial charge on any atom is 0.310 e. The van der Waals surface area contributed by atoms with E-state index in [0.29, 0.717) is 21.2 Å². The van der Waals surface area contributed by atoms with Gasteiger partial charge in [-0.3, -0.25) is 4.79 Å². The average molecular weight is 284 g/mol. The van der Waals surface area contributed by atoms with Gasteiger partial charge in [-0.15, -0.1) is 0 Å². The lowest BCUT2D eigenvalue weighted by molar-refractivity contribution is -0.139. The molecule has 0 aliphatic heterocycles. The maximum atomic E-state index is 11.1. The van der Waals surface area contributed by atoms with E-state index in [2.05, 4.69) is 20.7 Å². The predicted octanol–water partition coefficient (Wildman–Crippen LogP) is 1.53. The fourth-order valence-electron chi connectivity index (χ4n) is 1.29. The normalized spacial score (nSPS) is 9.62. The number of benzene rings is 1. The molecule has 0 unspecified atom stereocenters. The Morgan fingerprint density at radius 2 is 2.19 bits per heavy atom. The van der Waals surface area contributed by atoms with Crippen LogP contribution >= 0.6 is 15.9 Å². The van der Waals surface area contributed by atoms with Crippen LogP contribution in [-0.4, -0.2) is 18.2 Å². The second-order valence-electron chi connectivity index (χ2n) is 3.13. The predicted molar refractivity (Wildman–Crippen MR) is 60.5 cm³/mol. The molecule has 0 radical (unpaired) electrons. The van der Waals surface area contributed by atoms with E-state index in [1.54, 1.807) is 12.1 Å². The molecule has 84 valence electrons. The number of carbonyl (C=O) groups excluding carboxylic acids is 1. The van der Waals surface area contributed by atoms with Crippen LogP contribution in [0.4, 0.5) is 0 Å². The van der Waals surface area contributed by atoms with E-state index in [0.717, 1.165) is 0 Å². The summed E-state index contributed by atoms with van der Waals surface area (Å²) in [5.41, 5.74) is 1.62. The number of rotatable bonds is 3. The lowest BCUT2D eigenvalue weighted by Crippen LogP contribution is -2.06. The van der Waals surface area contributed by atoms with E-state index >= 15 is 0 Å². The van der Waals surface area contributed by atoms with Gasteiger partial charge < -0.3 is 9.84 Å². The number of hydrogen-bond acceptors (Lipinski definition) is 4. The second-order valence-corrected chi connectivity index (χ2v) is 3.92. The van der Waals surface area contributed by atoms with Crippen LogP contribution < -0.4 is 0 Å². The third-order valence-corrected chi connectivity index (χ3v) is 3.10. The number of nitrogens with zero attached hydrogens (tertiary/aromatic N) is 1. The first kappa shape index (κ1) is 12.7. The van der Waals surface area contributed by atoms with Gasteiger partial charge in [-0.25, -0.2) is 0 Å². The van der Waals surface area contributed by atoms with Gasteiger partial charge in [0.25, 0.3) is 0 Å². The first-order valence-electron chi connectivity index (χ1n) is 4.51. The van der Waals surface area contributed by atoms with Crippen LogP contribution in [0, 0.1) is 11.3 Å². The highest BCUT2D eigenvalue weighted by atomic mass is 79.9. The van der Waals surface area contributed by atoms with Gasteiger partial charge in [0.2, 0.25) is 0 Å². The van der Waals surface area contributed by atoms with Crippen molar-refractivity contribution in [3.63, 3.8) is 0 Å². The molecule has 1 rings (SSSR count). The van der Waals surface area contributed by atoms with E-state index in [1.807, 2.05) is 6.07 Å². The van der Waals surface area contributed by atoms with Gasteiger partial charge in [-0.1, -0.05) is 15.9 Å². The third kappa shape index (κ3) is 2.81. The zero-order valence-electron chi connectivity index (χ0n) is 8.66. The summed E-state index contributed by atoms with van der Waals surface area (Å²) in [4.78, 5) is 11.1. The molecular formula is C11H10BrNO3. The lowest BCUT2D eigenvalue weighted by atomic mass is 10.0. The molecule has 0 aromatic heterocycles. The van der Waals surface area contributed by atoms with Crippen LogP contribution in [0.1, 0.15) is 16.7 Å². The number of ether oxygens (including phenoxy) is 1. The SMILES string of the molecule is COC(=O)Cc1cc(C#N)cc(CO)c1Br. The van der Waals surface area contributed by atoms with Crippen molar-refractivity contribution >= 4 is 21.9 Å². The number of esters is 1. The molecule has 0 aliphatic carbocycles. The van der Waals surface area contributed by atoms with E-state index in [-0.39, 0.29) is 19.0 Å². The molecule has 0 fully saturated rings. The van der Waals surface area contributed by atoms with Crippen molar-refractivity contribution in [2.45, 2.75) is 13.0 Å². The summed E-state index contributed by atoms with van der Waals surface area (Å²) in [5.74, 6) is -0.389. The number of carbonyl (C=O) groups is 1. The van der Waals surface area contributed by atoms with Crippen LogP contribution in [0.2, 0.25) is 0 Å². The molecule has 1 N–H and O–H groups in total. The summed E-state index contributed by atoms with van der Waals surface area (Å²) in [6, 6.07) is 5.15. The number of aliphatic hydroxyl groups is 1. The van der Waals surface area contributed by atoms with Crippen molar-refractivity contribution in [2.24, 2.45) is 0 Å². The third-order valence-electron chi connectivity index (χ3n) is 2.09. The Bertz CT molecular complexity index is 451. The van der Waals surface area contributed by atoms with Gasteiger partial charge in [0.05, 0.1) is 31.8 Å². The zero-order chi connectivity index (χ0) is 12.1. The first-order chi connectivity index (χ1) is 7.62. The van der Waals surface area contributed by atoms with Crippen molar-refractivity contribution < 1.29 is 14.6 Å². The van der Waals surface area contributed by atoms with Crippen molar-refractivity contribution in [2.75, 3.05) is 7.11 Å². The highest BCUT2D eigenvalue weighted by Crippen LogP contribution is 2.24. The average Bonchev–Trinajstić information content (AvgIpc) is 2.31. The molecule has 0 atom stereocenters. The molecular weight excluding hydrogens is 274 g/mol. The van der Waals surface area contributed by atoms with Gasteiger partial charge >= 0.3 is 5.97 Å². The first-order valence-corrected chi connectivity index (χ1v) is 5.30. The number of aliphatic hydroxyl groups excluding tert-OH is 1. The van der Waals surface area contributed by atoms with E-state index in [9.17, 15) is 4.79 Å². The summed E-state index contributed by atoms with van der Waals surface area (Å²) in [6.07, 6.45) is 0.0691. The van der Waals surface area contributed by atoms with Crippen LogP contribution in [0.15, 0.2) is 16.6 Å². The Kier molecular flexibility index (Phi) is 4.47. The van der Waals surface area contributed by atoms with Crippen LogP contribution in [0.3, 0.4) is 0 Å². The monoisotopic (exact) mass is 283 g/mol. The molecule has 0 heterocycles. The number of nitriles is 1. The summed E-state index contributed by atoms with van der Waals surface area (Å²) in [5, 5.41) is 17.9. The molecule has 1 aromatic carbocycles. The number of hydrogen-bond donors (Lipinski definition) is 1.